The van der Waals surface area contributed by atoms with Crippen molar-refractivity contribution < 1.29 is 24.7 Å². The zero-order chi connectivity index (χ0) is 16.3. The number of carbonyl (C=O) groups is 1. The van der Waals surface area contributed by atoms with Gasteiger partial charge in [0.2, 0.25) is 0 Å². The number of aromatic nitrogens is 1. The highest BCUT2D eigenvalue weighted by molar-refractivity contribution is 6.14. The van der Waals surface area contributed by atoms with Crippen molar-refractivity contribution in [2.75, 3.05) is 0 Å². The molecule has 22 heavy (non-hydrogen) atoms. The van der Waals surface area contributed by atoms with Crippen LogP contribution in [0.4, 0.5) is 4.39 Å². The van der Waals surface area contributed by atoms with Gasteiger partial charge in [-0.25, -0.2) is 14.9 Å². The lowest BCUT2D eigenvalue weighted by molar-refractivity contribution is 0.0697. The first-order chi connectivity index (χ1) is 10.5. The van der Waals surface area contributed by atoms with E-state index in [2.05, 4.69) is 10.1 Å². The van der Waals surface area contributed by atoms with E-state index in [1.807, 2.05) is 0 Å². The first kappa shape index (κ1) is 15.4. The summed E-state index contributed by atoms with van der Waals surface area (Å²) < 4.78 is 13.0. The Balaban J connectivity index is 2.54. The minimum absolute atomic E-state index is 0.0521. The molecule has 0 fully saturated rings. The van der Waals surface area contributed by atoms with Gasteiger partial charge in [0.05, 0.1) is 0 Å². The molecule has 8 heteroatoms. The van der Waals surface area contributed by atoms with Crippen LogP contribution < -0.4 is 5.48 Å². The van der Waals surface area contributed by atoms with Crippen molar-refractivity contribution in [1.29, 1.82) is 0 Å². The molecule has 7 nitrogen and oxygen atoms in total. The maximum atomic E-state index is 13.0. The second-order valence-corrected chi connectivity index (χ2v) is 4.39. The second kappa shape index (κ2) is 6.19. The maximum absolute atomic E-state index is 13.0. The summed E-state index contributed by atoms with van der Waals surface area (Å²) in [4.78, 5) is 15.1. The average Bonchev–Trinajstić information content (AvgIpc) is 2.53. The third kappa shape index (κ3) is 2.72. The fourth-order valence-electron chi connectivity index (χ4n) is 1.92. The zero-order valence-electron chi connectivity index (χ0n) is 11.4. The molecule has 0 aliphatic carbocycles. The average molecular weight is 305 g/mol. The van der Waals surface area contributed by atoms with Crippen molar-refractivity contribution in [1.82, 2.24) is 10.5 Å². The van der Waals surface area contributed by atoms with Gasteiger partial charge in [-0.3, -0.25) is 10.0 Å². The third-order valence-electron chi connectivity index (χ3n) is 3.10. The van der Waals surface area contributed by atoms with E-state index in [0.29, 0.717) is 5.56 Å². The monoisotopic (exact) mass is 305 g/mol. The summed E-state index contributed by atoms with van der Waals surface area (Å²) in [6.45, 7) is 1.48. The van der Waals surface area contributed by atoms with Crippen molar-refractivity contribution in [3.63, 3.8) is 0 Å². The summed E-state index contributed by atoms with van der Waals surface area (Å²) >= 11 is 0. The number of benzene rings is 1. The molecule has 4 N–H and O–H groups in total. The van der Waals surface area contributed by atoms with Gasteiger partial charge >= 0.3 is 0 Å². The number of pyridine rings is 1. The summed E-state index contributed by atoms with van der Waals surface area (Å²) in [5, 5.41) is 30.9. The Bertz CT molecular complexity index is 744. The lowest BCUT2D eigenvalue weighted by Gasteiger charge is -2.11. The molecule has 0 aliphatic heterocycles. The van der Waals surface area contributed by atoms with Crippen molar-refractivity contribution >= 4 is 11.6 Å². The fraction of sp³-hybridized carbons (Fsp3) is 0.0714. The number of aromatic hydroxyl groups is 1. The van der Waals surface area contributed by atoms with Gasteiger partial charge in [-0.15, -0.1) is 0 Å². The molecule has 1 amide bonds. The van der Waals surface area contributed by atoms with Gasteiger partial charge < -0.3 is 10.3 Å². The Kier molecular flexibility index (Phi) is 4.33. The van der Waals surface area contributed by atoms with Crippen LogP contribution in [0.5, 0.6) is 5.75 Å². The van der Waals surface area contributed by atoms with Gasteiger partial charge in [0.25, 0.3) is 5.91 Å². The molecule has 0 bridgehead atoms. The van der Waals surface area contributed by atoms with Gasteiger partial charge in [0.15, 0.2) is 11.4 Å². The Labute approximate surface area is 124 Å². The van der Waals surface area contributed by atoms with E-state index in [0.717, 1.165) is 0 Å². The number of halogens is 1. The van der Waals surface area contributed by atoms with Crippen LogP contribution in [-0.2, 0) is 0 Å². The van der Waals surface area contributed by atoms with Crippen molar-refractivity contribution in [3.8, 4) is 5.75 Å². The predicted octanol–water partition coefficient (Wildman–Crippen LogP) is 1.58. The first-order valence-corrected chi connectivity index (χ1v) is 6.11. The Morgan fingerprint density at radius 1 is 1.32 bits per heavy atom. The van der Waals surface area contributed by atoms with Gasteiger partial charge in [-0.1, -0.05) is 5.16 Å². The van der Waals surface area contributed by atoms with Crippen molar-refractivity contribution in [3.05, 3.63) is 58.7 Å². The molecule has 2 rings (SSSR count). The third-order valence-corrected chi connectivity index (χ3v) is 3.10. The highest BCUT2D eigenvalue weighted by Gasteiger charge is 2.20. The number of nitrogens with one attached hydrogen (secondary N) is 1. The maximum Gasteiger partial charge on any atom is 0.297 e. The number of oxime groups is 1. The number of amides is 1. The van der Waals surface area contributed by atoms with E-state index in [1.165, 1.54) is 42.9 Å². The quantitative estimate of drug-likeness (QED) is 0.297. The summed E-state index contributed by atoms with van der Waals surface area (Å²) in [5.74, 6) is -1.89. The molecule has 0 atom stereocenters. The Hall–Kier alpha value is -3.00. The Morgan fingerprint density at radius 2 is 1.95 bits per heavy atom. The SMILES string of the molecule is Cc1c(C(=NO)c2ccc(F)cc2)cnc(C(=O)NO)c1O. The van der Waals surface area contributed by atoms with E-state index in [4.69, 9.17) is 5.21 Å². The highest BCUT2D eigenvalue weighted by Crippen LogP contribution is 2.25. The summed E-state index contributed by atoms with van der Waals surface area (Å²) in [5.41, 5.74) is 1.90. The van der Waals surface area contributed by atoms with E-state index in [1.54, 1.807) is 0 Å². The van der Waals surface area contributed by atoms with Crippen LogP contribution in [0.25, 0.3) is 0 Å². The smallest absolute Gasteiger partial charge is 0.297 e. The van der Waals surface area contributed by atoms with Crippen LogP contribution in [0.15, 0.2) is 35.6 Å². The molecule has 0 aliphatic rings. The van der Waals surface area contributed by atoms with Crippen LogP contribution in [0, 0.1) is 12.7 Å². The fourth-order valence-corrected chi connectivity index (χ4v) is 1.92. The standard InChI is InChI=1S/C14H12FN3O4/c1-7-10(6-16-12(13(7)19)14(20)18-22)11(17-21)8-2-4-9(15)5-3-8/h2-6,19,21-22H,1H3,(H,18,20). The largest absolute Gasteiger partial charge is 0.505 e. The molecule has 0 saturated carbocycles. The van der Waals surface area contributed by atoms with E-state index in [9.17, 15) is 19.5 Å². The molecule has 0 unspecified atom stereocenters. The lowest BCUT2D eigenvalue weighted by atomic mass is 9.99. The number of hydrogen-bond donors (Lipinski definition) is 4. The van der Waals surface area contributed by atoms with Gasteiger partial charge in [-0.2, -0.15) is 0 Å². The molecule has 1 aromatic carbocycles. The van der Waals surface area contributed by atoms with E-state index >= 15 is 0 Å². The number of carbonyl (C=O) groups excluding carboxylic acids is 1. The van der Waals surface area contributed by atoms with Gasteiger partial charge in [0, 0.05) is 22.9 Å². The van der Waals surface area contributed by atoms with Crippen molar-refractivity contribution in [2.45, 2.75) is 6.92 Å². The minimum Gasteiger partial charge on any atom is -0.505 e. The van der Waals surface area contributed by atoms with Crippen LogP contribution in [0.2, 0.25) is 0 Å². The predicted molar refractivity (Wildman–Crippen MR) is 73.7 cm³/mol. The lowest BCUT2D eigenvalue weighted by Crippen LogP contribution is -2.21. The van der Waals surface area contributed by atoms with Crippen LogP contribution in [-0.4, -0.2) is 32.1 Å². The molecular formula is C14H12FN3O4. The minimum atomic E-state index is -0.976. The Morgan fingerprint density at radius 3 is 2.50 bits per heavy atom. The molecule has 2 aromatic rings. The number of hydrogen-bond acceptors (Lipinski definition) is 6. The van der Waals surface area contributed by atoms with Crippen molar-refractivity contribution in [2.24, 2.45) is 5.16 Å². The summed E-state index contributed by atoms with van der Waals surface area (Å²) in [6.07, 6.45) is 1.21. The highest BCUT2D eigenvalue weighted by atomic mass is 19.1. The molecular weight excluding hydrogens is 293 g/mol. The second-order valence-electron chi connectivity index (χ2n) is 4.39. The van der Waals surface area contributed by atoms with Gasteiger partial charge in [0.1, 0.15) is 11.5 Å². The van der Waals surface area contributed by atoms with Crippen LogP contribution in [0.3, 0.4) is 0 Å². The van der Waals surface area contributed by atoms with Crippen LogP contribution >= 0.6 is 0 Å². The normalized spacial score (nSPS) is 11.3. The topological polar surface area (TPSA) is 115 Å². The zero-order valence-corrected chi connectivity index (χ0v) is 11.4. The van der Waals surface area contributed by atoms with E-state index in [-0.39, 0.29) is 22.5 Å². The molecule has 0 saturated heterocycles. The summed E-state index contributed by atoms with van der Waals surface area (Å²) in [6, 6.07) is 5.18. The first-order valence-electron chi connectivity index (χ1n) is 6.11. The van der Waals surface area contributed by atoms with Crippen LogP contribution in [0.1, 0.15) is 27.2 Å². The number of rotatable bonds is 3. The molecule has 1 heterocycles. The van der Waals surface area contributed by atoms with Gasteiger partial charge in [-0.05, 0) is 31.2 Å². The summed E-state index contributed by atoms with van der Waals surface area (Å²) in [7, 11) is 0. The molecule has 0 radical (unpaired) electrons. The number of hydroxylamine groups is 1. The van der Waals surface area contributed by atoms with E-state index < -0.39 is 17.5 Å². The molecule has 114 valence electrons. The number of nitrogens with zero attached hydrogens (tertiary/aromatic N) is 2. The molecule has 1 aromatic heterocycles. The molecule has 0 spiro atoms.